The molecule has 1 aliphatic rings. The van der Waals surface area contributed by atoms with Crippen LogP contribution in [-0.2, 0) is 5.41 Å². The van der Waals surface area contributed by atoms with E-state index in [0.717, 1.165) is 11.3 Å². The van der Waals surface area contributed by atoms with Crippen LogP contribution in [0.2, 0.25) is 0 Å². The molecule has 2 rings (SSSR count). The van der Waals surface area contributed by atoms with Gasteiger partial charge in [-0.3, -0.25) is 10.7 Å². The zero-order valence-corrected chi connectivity index (χ0v) is 10.9. The average Bonchev–Trinajstić information content (AvgIpc) is 2.79. The van der Waals surface area contributed by atoms with Crippen molar-refractivity contribution < 1.29 is 13.2 Å². The van der Waals surface area contributed by atoms with Crippen molar-refractivity contribution in [2.45, 2.75) is 31.2 Å². The fraction of sp³-hybridized carbons (Fsp3) is 0.455. The van der Waals surface area contributed by atoms with E-state index in [2.05, 4.69) is 9.98 Å². The summed E-state index contributed by atoms with van der Waals surface area (Å²) in [7, 11) is 0. The second-order valence-corrected chi connectivity index (χ2v) is 5.03. The molecule has 2 atom stereocenters. The highest BCUT2D eigenvalue weighted by Gasteiger charge is 2.63. The minimum atomic E-state index is -4.61. The van der Waals surface area contributed by atoms with E-state index in [4.69, 9.17) is 11.5 Å². The summed E-state index contributed by atoms with van der Waals surface area (Å²) in [6.07, 6.45) is -5.58. The molecule has 0 bridgehead atoms. The number of hydrogen-bond donors (Lipinski definition) is 2. The standard InChI is InChI=1S/C11H13F3N4S/c1-2-6-10(11(12,13)14,7-4-3-5-19-7)8(15)18-9(16)17-6/h3-5,9H,2,16H2,1H3,(H2,15,18). The van der Waals surface area contributed by atoms with Crippen molar-refractivity contribution in [3.63, 3.8) is 0 Å². The molecule has 4 N–H and O–H groups in total. The molecule has 19 heavy (non-hydrogen) atoms. The lowest BCUT2D eigenvalue weighted by atomic mass is 9.77. The average molecular weight is 290 g/mol. The molecule has 104 valence electrons. The number of alkyl halides is 3. The molecule has 0 amide bonds. The predicted molar refractivity (Wildman–Crippen MR) is 69.4 cm³/mol. The Kier molecular flexibility index (Phi) is 3.40. The predicted octanol–water partition coefficient (Wildman–Crippen LogP) is 2.01. The van der Waals surface area contributed by atoms with Gasteiger partial charge in [-0.1, -0.05) is 13.0 Å². The summed E-state index contributed by atoms with van der Waals surface area (Å²) in [5.41, 5.74) is 8.58. The summed E-state index contributed by atoms with van der Waals surface area (Å²) in [5, 5.41) is 1.57. The van der Waals surface area contributed by atoms with Crippen LogP contribution in [0.3, 0.4) is 0 Å². The molecule has 0 fully saturated rings. The molecular formula is C11H13F3N4S. The van der Waals surface area contributed by atoms with Gasteiger partial charge in [0.25, 0.3) is 0 Å². The first-order chi connectivity index (χ1) is 8.84. The molecule has 0 aliphatic carbocycles. The van der Waals surface area contributed by atoms with E-state index in [0.29, 0.717) is 0 Å². The summed E-state index contributed by atoms with van der Waals surface area (Å²) in [6.45, 7) is 1.60. The smallest absolute Gasteiger partial charge is 0.386 e. The minimum Gasteiger partial charge on any atom is -0.386 e. The van der Waals surface area contributed by atoms with E-state index in [9.17, 15) is 13.2 Å². The number of aliphatic imine (C=N–C) groups is 2. The Hall–Kier alpha value is -1.41. The topological polar surface area (TPSA) is 76.8 Å². The van der Waals surface area contributed by atoms with Crippen LogP contribution in [0.15, 0.2) is 27.5 Å². The van der Waals surface area contributed by atoms with Gasteiger partial charge in [0.1, 0.15) is 5.84 Å². The Balaban J connectivity index is 2.74. The van der Waals surface area contributed by atoms with Crippen LogP contribution in [0.5, 0.6) is 0 Å². The summed E-state index contributed by atoms with van der Waals surface area (Å²) in [4.78, 5) is 7.53. The first kappa shape index (κ1) is 14.0. The number of halogens is 3. The van der Waals surface area contributed by atoms with Gasteiger partial charge in [-0.05, 0) is 17.9 Å². The molecule has 2 unspecified atom stereocenters. The van der Waals surface area contributed by atoms with Crippen LogP contribution in [-0.4, -0.2) is 24.0 Å². The van der Waals surface area contributed by atoms with Crippen molar-refractivity contribution in [3.05, 3.63) is 22.4 Å². The lowest BCUT2D eigenvalue weighted by Crippen LogP contribution is -2.60. The summed E-state index contributed by atoms with van der Waals surface area (Å²) < 4.78 is 41.1. The fourth-order valence-electron chi connectivity index (χ4n) is 2.24. The van der Waals surface area contributed by atoms with Crippen LogP contribution >= 0.6 is 11.3 Å². The third kappa shape index (κ3) is 1.95. The SMILES string of the molecule is CCC1=NC(N)N=C(N)C1(c1cccs1)C(F)(F)F. The van der Waals surface area contributed by atoms with E-state index in [1.807, 2.05) is 0 Å². The molecular weight excluding hydrogens is 277 g/mol. The number of hydrogen-bond acceptors (Lipinski definition) is 5. The van der Waals surface area contributed by atoms with E-state index in [1.165, 1.54) is 6.07 Å². The Morgan fingerprint density at radius 3 is 2.58 bits per heavy atom. The lowest BCUT2D eigenvalue weighted by Gasteiger charge is -2.38. The minimum absolute atomic E-state index is 0.0637. The van der Waals surface area contributed by atoms with Crippen molar-refractivity contribution >= 4 is 22.9 Å². The Morgan fingerprint density at radius 2 is 2.11 bits per heavy atom. The molecule has 0 saturated carbocycles. The van der Waals surface area contributed by atoms with Crippen molar-refractivity contribution in [1.82, 2.24) is 0 Å². The second-order valence-electron chi connectivity index (χ2n) is 4.08. The highest BCUT2D eigenvalue weighted by molar-refractivity contribution is 7.10. The van der Waals surface area contributed by atoms with Crippen molar-refractivity contribution in [1.29, 1.82) is 0 Å². The zero-order valence-electron chi connectivity index (χ0n) is 10.1. The van der Waals surface area contributed by atoms with Gasteiger partial charge >= 0.3 is 6.18 Å². The fourth-order valence-corrected chi connectivity index (χ4v) is 3.21. The van der Waals surface area contributed by atoms with E-state index < -0.39 is 23.7 Å². The van der Waals surface area contributed by atoms with E-state index >= 15 is 0 Å². The monoisotopic (exact) mass is 290 g/mol. The van der Waals surface area contributed by atoms with E-state index in [1.54, 1.807) is 18.4 Å². The van der Waals surface area contributed by atoms with Crippen LogP contribution in [0.4, 0.5) is 13.2 Å². The third-order valence-electron chi connectivity index (χ3n) is 3.03. The number of amidine groups is 1. The van der Waals surface area contributed by atoms with Gasteiger partial charge < -0.3 is 5.73 Å². The largest absolute Gasteiger partial charge is 0.411 e. The maximum Gasteiger partial charge on any atom is 0.411 e. The molecule has 2 heterocycles. The van der Waals surface area contributed by atoms with Gasteiger partial charge in [0.05, 0.1) is 0 Å². The van der Waals surface area contributed by atoms with Crippen LogP contribution < -0.4 is 11.5 Å². The number of nitrogens with two attached hydrogens (primary N) is 2. The summed E-state index contributed by atoms with van der Waals surface area (Å²) in [6, 6.07) is 2.94. The van der Waals surface area contributed by atoms with Crippen molar-refractivity contribution in [3.8, 4) is 0 Å². The molecule has 1 aromatic rings. The van der Waals surface area contributed by atoms with Crippen molar-refractivity contribution in [2.75, 3.05) is 0 Å². The Morgan fingerprint density at radius 1 is 1.42 bits per heavy atom. The maximum absolute atomic E-state index is 13.7. The van der Waals surface area contributed by atoms with Gasteiger partial charge in [-0.25, -0.2) is 4.99 Å². The maximum atomic E-state index is 13.7. The van der Waals surface area contributed by atoms with Gasteiger partial charge in [0.2, 0.25) is 0 Å². The molecule has 0 saturated heterocycles. The normalized spacial score (nSPS) is 27.9. The van der Waals surface area contributed by atoms with Crippen LogP contribution in [0, 0.1) is 0 Å². The lowest BCUT2D eigenvalue weighted by molar-refractivity contribution is -0.151. The Labute approximate surface area is 112 Å². The summed E-state index contributed by atoms with van der Waals surface area (Å²) >= 11 is 0.977. The third-order valence-corrected chi connectivity index (χ3v) is 4.02. The zero-order chi connectivity index (χ0) is 14.3. The van der Waals surface area contributed by atoms with Gasteiger partial charge in [0, 0.05) is 10.6 Å². The second kappa shape index (κ2) is 4.61. The summed E-state index contributed by atoms with van der Waals surface area (Å²) in [5.74, 6) is -0.540. The van der Waals surface area contributed by atoms with Crippen LogP contribution in [0.25, 0.3) is 0 Å². The van der Waals surface area contributed by atoms with Gasteiger partial charge in [-0.15, -0.1) is 11.3 Å². The first-order valence-electron chi connectivity index (χ1n) is 5.61. The quantitative estimate of drug-likeness (QED) is 0.874. The van der Waals surface area contributed by atoms with Gasteiger partial charge in [0.15, 0.2) is 11.7 Å². The van der Waals surface area contributed by atoms with Crippen LogP contribution in [0.1, 0.15) is 18.2 Å². The van der Waals surface area contributed by atoms with E-state index in [-0.39, 0.29) is 17.0 Å². The number of thiophene rings is 1. The molecule has 0 spiro atoms. The molecule has 0 radical (unpaired) electrons. The number of rotatable bonds is 2. The highest BCUT2D eigenvalue weighted by Crippen LogP contribution is 2.46. The van der Waals surface area contributed by atoms with Gasteiger partial charge in [-0.2, -0.15) is 13.2 Å². The molecule has 1 aliphatic heterocycles. The number of nitrogens with zero attached hydrogens (tertiary/aromatic N) is 2. The first-order valence-corrected chi connectivity index (χ1v) is 6.49. The molecule has 8 heteroatoms. The molecule has 4 nitrogen and oxygen atoms in total. The highest BCUT2D eigenvalue weighted by atomic mass is 32.1. The van der Waals surface area contributed by atoms with Crippen molar-refractivity contribution in [2.24, 2.45) is 21.5 Å². The molecule has 1 aromatic heterocycles. The molecule has 0 aromatic carbocycles. The Bertz CT molecular complexity index is 521.